The summed E-state index contributed by atoms with van der Waals surface area (Å²) in [5.74, 6) is -1.58. The van der Waals surface area contributed by atoms with Crippen molar-refractivity contribution < 1.29 is 121 Å². The number of ether oxygens (including phenoxy) is 2. The van der Waals surface area contributed by atoms with E-state index in [9.17, 15) is 27.2 Å². The molecule has 0 aliphatic carbocycles. The van der Waals surface area contributed by atoms with Crippen molar-refractivity contribution in [3.8, 4) is 68.0 Å². The monoisotopic (exact) mass is 2390 g/mol. The summed E-state index contributed by atoms with van der Waals surface area (Å²) >= 11 is 0. The predicted octanol–water partition coefficient (Wildman–Crippen LogP) is 24.4. The summed E-state index contributed by atoms with van der Waals surface area (Å²) < 4.78 is 69.4. The fourth-order valence-corrected chi connectivity index (χ4v) is 13.9. The molecule has 0 atom stereocenters. The van der Waals surface area contributed by atoms with E-state index in [4.69, 9.17) is 9.47 Å². The maximum Gasteiger partial charge on any atom is 2.00 e. The number of benzene rings is 11. The topological polar surface area (TPSA) is 156 Å². The SMILES string of the molecule is CC(C)(c1[c-]c(-c2[c-]c(C(C)(C)c3ccccn3)ccc2)ccc1)c1ccccn1.Fc1cc(F)c(-c2ccccn2)[c-]c1Cc1[c-]c(-c2ccccn2)c(F)cc1F.O=C(c1[c-]c2c(cc1)ccc1ccc(C(=O)c3ccccn3)[c-]c12)c1ccccn1.[Pt+2].[Pt+2].[Pt+2].[Pt+2].[c-]1c(Oc2nccc3ccccc23)cccc1-c1[c-]c(Oc2nccc3ccccc23)ccc1. The molecule has 20 heteroatoms. The second-order valence-corrected chi connectivity index (χ2v) is 29.4. The van der Waals surface area contributed by atoms with Crippen molar-refractivity contribution in [2.75, 3.05) is 0 Å². The summed E-state index contributed by atoms with van der Waals surface area (Å²) in [5, 5.41) is 7.36. The van der Waals surface area contributed by atoms with Crippen LogP contribution in [0.25, 0.3) is 87.9 Å². The molecular formula is C107H70F4N8O4Pt4. The molecule has 12 nitrogen and oxygen atoms in total. The van der Waals surface area contributed by atoms with E-state index in [1.54, 1.807) is 110 Å². The minimum absolute atomic E-state index is 0. The summed E-state index contributed by atoms with van der Waals surface area (Å²) in [5.41, 5.74) is 9.46. The molecule has 0 radical (unpaired) electrons. The van der Waals surface area contributed by atoms with Crippen LogP contribution in [0, 0.1) is 71.8 Å². The second-order valence-electron chi connectivity index (χ2n) is 29.4. The zero-order valence-corrected chi connectivity index (χ0v) is 77.1. The van der Waals surface area contributed by atoms with Gasteiger partial charge in [-0.05, 0) is 114 Å². The van der Waals surface area contributed by atoms with Gasteiger partial charge in [0.15, 0.2) is 0 Å². The van der Waals surface area contributed by atoms with Crippen LogP contribution in [0.2, 0.25) is 0 Å². The Labute approximate surface area is 790 Å². The number of nitrogens with zero attached hydrogens (tertiary/aromatic N) is 8. The summed E-state index contributed by atoms with van der Waals surface area (Å²) in [4.78, 5) is 60.0. The normalized spacial score (nSPS) is 10.8. The van der Waals surface area contributed by atoms with E-state index in [-0.39, 0.29) is 147 Å². The minimum Gasteiger partial charge on any atom is -0.459 e. The molecule has 0 saturated carbocycles. The number of hydrogen-bond donors (Lipinski definition) is 0. The number of ketones is 2. The Kier molecular flexibility index (Phi) is 31.5. The van der Waals surface area contributed by atoms with Gasteiger partial charge < -0.3 is 29.0 Å². The smallest absolute Gasteiger partial charge is 0.459 e. The Morgan fingerprint density at radius 1 is 0.307 bits per heavy atom. The first kappa shape index (κ1) is 93.2. The summed E-state index contributed by atoms with van der Waals surface area (Å²) in [6, 6.07) is 115. The van der Waals surface area contributed by atoms with Gasteiger partial charge in [-0.2, -0.15) is 83.6 Å². The number of hydrogen-bond acceptors (Lipinski definition) is 12. The van der Waals surface area contributed by atoms with Crippen LogP contribution in [0.15, 0.2) is 341 Å². The number of aromatic nitrogens is 8. The van der Waals surface area contributed by atoms with Gasteiger partial charge in [-0.3, -0.25) is 37.5 Å². The van der Waals surface area contributed by atoms with Crippen molar-refractivity contribution in [2.45, 2.75) is 44.9 Å². The molecule has 8 heterocycles. The van der Waals surface area contributed by atoms with Crippen LogP contribution >= 0.6 is 0 Å². The van der Waals surface area contributed by atoms with E-state index >= 15 is 0 Å². The molecule has 19 rings (SSSR count). The number of rotatable bonds is 18. The molecule has 19 aromatic rings. The predicted molar refractivity (Wildman–Crippen MR) is 470 cm³/mol. The van der Waals surface area contributed by atoms with Gasteiger partial charge in [0.2, 0.25) is 11.8 Å². The summed E-state index contributed by atoms with van der Waals surface area (Å²) in [7, 11) is 0. The Morgan fingerprint density at radius 2 is 0.661 bits per heavy atom. The van der Waals surface area contributed by atoms with Gasteiger partial charge in [0.1, 0.15) is 11.6 Å². The largest absolute Gasteiger partial charge is 2.00 e. The van der Waals surface area contributed by atoms with Crippen LogP contribution in [0.1, 0.15) is 93.4 Å². The maximum atomic E-state index is 14.4. The molecule has 0 aliphatic rings. The fourth-order valence-electron chi connectivity index (χ4n) is 13.9. The third-order valence-corrected chi connectivity index (χ3v) is 20.6. The Hall–Kier alpha value is -12.9. The molecular weight excluding hydrogens is 2320 g/mol. The molecule has 0 bridgehead atoms. The third kappa shape index (κ3) is 22.0. The Morgan fingerprint density at radius 3 is 1.04 bits per heavy atom. The Bertz CT molecular complexity index is 6610. The quantitative estimate of drug-likeness (QED) is 0.0347. The number of carbonyl (C=O) groups excluding carboxylic acids is 2. The van der Waals surface area contributed by atoms with Crippen molar-refractivity contribution in [1.82, 2.24) is 39.9 Å². The van der Waals surface area contributed by atoms with Gasteiger partial charge in [0, 0.05) is 117 Å². The van der Waals surface area contributed by atoms with Gasteiger partial charge in [0.05, 0.1) is 11.4 Å². The van der Waals surface area contributed by atoms with Crippen LogP contribution in [-0.4, -0.2) is 51.4 Å². The molecule has 0 N–H and O–H groups in total. The number of fused-ring (bicyclic) bond motifs is 5. The van der Waals surface area contributed by atoms with Crippen molar-refractivity contribution in [2.24, 2.45) is 0 Å². The van der Waals surface area contributed by atoms with Crippen LogP contribution in [0.3, 0.4) is 0 Å². The van der Waals surface area contributed by atoms with Crippen molar-refractivity contribution in [1.29, 1.82) is 0 Å². The van der Waals surface area contributed by atoms with E-state index in [1.165, 1.54) is 12.4 Å². The van der Waals surface area contributed by atoms with Crippen LogP contribution < -0.4 is 9.47 Å². The van der Waals surface area contributed by atoms with E-state index in [0.717, 1.165) is 87.9 Å². The van der Waals surface area contributed by atoms with Gasteiger partial charge in [-0.25, -0.2) is 32.2 Å². The molecule has 0 spiro atoms. The number of halogens is 4. The Balaban J connectivity index is 0.000000153. The van der Waals surface area contributed by atoms with E-state index in [2.05, 4.69) is 165 Å². The number of carbonyl (C=O) groups is 2. The number of pyridine rings is 8. The molecule has 0 amide bonds. The van der Waals surface area contributed by atoms with Crippen molar-refractivity contribution >= 4 is 54.7 Å². The van der Waals surface area contributed by atoms with Crippen molar-refractivity contribution in [3.63, 3.8) is 0 Å². The minimum atomic E-state index is -0.890. The summed E-state index contributed by atoms with van der Waals surface area (Å²) in [6.45, 7) is 8.76. The van der Waals surface area contributed by atoms with Crippen LogP contribution in [0.5, 0.6) is 23.3 Å². The molecule has 0 saturated heterocycles. The molecule has 8 aromatic heterocycles. The zero-order valence-electron chi connectivity index (χ0n) is 68.0. The van der Waals surface area contributed by atoms with Gasteiger partial charge >= 0.3 is 84.3 Å². The average molecular weight is 2390 g/mol. The molecule has 630 valence electrons. The first-order chi connectivity index (χ1) is 59.9. The molecule has 127 heavy (non-hydrogen) atoms. The van der Waals surface area contributed by atoms with Gasteiger partial charge in [0.25, 0.3) is 0 Å². The zero-order chi connectivity index (χ0) is 84.8. The van der Waals surface area contributed by atoms with Crippen LogP contribution in [-0.2, 0) is 102 Å². The van der Waals surface area contributed by atoms with E-state index in [0.29, 0.717) is 57.9 Å². The third-order valence-electron chi connectivity index (χ3n) is 20.6. The van der Waals surface area contributed by atoms with Gasteiger partial charge in [-0.1, -0.05) is 158 Å². The molecule has 11 aromatic carbocycles. The second kappa shape index (κ2) is 42.8. The van der Waals surface area contributed by atoms with Crippen LogP contribution in [0.4, 0.5) is 17.6 Å². The van der Waals surface area contributed by atoms with E-state index < -0.39 is 23.3 Å². The maximum absolute atomic E-state index is 14.4. The van der Waals surface area contributed by atoms with Gasteiger partial charge in [-0.15, -0.1) is 107 Å². The first-order valence-corrected chi connectivity index (χ1v) is 39.3. The molecule has 0 aliphatic heterocycles. The summed E-state index contributed by atoms with van der Waals surface area (Å²) in [6.07, 6.45) is 13.0. The molecule has 0 fully saturated rings. The molecule has 0 unspecified atom stereocenters. The standard InChI is InChI=1S/C30H18N2O2.C28H26N2.C26H14N2O2.C23H12F4N2.4Pt/c1-3-13-27-21(7-1)15-17-31-29(27)33-25-11-5-9-23(19-25)24-10-6-12-26(20-24)34-30-28-14-4-2-8-22(28)16-18-32-30;1-27(2,25-15-5-7-17-29-25)23-13-9-11-21(19-23)22-12-10-14-24(20-22)28(3,4)26-16-6-8-18-30-26;29-25(23-5-1-3-13-27-23)19-11-9-17-7-8-18-10-12-20(16-22(18)21(17)15-19)26(30)24-6-2-4-14-28-24;24-18-12-20(26)16(22-5-1-3-7-28-22)10-14(18)9-15-11-17(21(27)13-19(15)25)23-6-2-4-8-29-23;;;;/h1-18H;5-18H,1-4H3;1-14H;1-8,12-13H,9H2;;;;/q4*-2;4*+2. The average Bonchev–Trinajstić information content (AvgIpc) is 0.778. The first-order valence-electron chi connectivity index (χ1n) is 39.3. The van der Waals surface area contributed by atoms with Crippen molar-refractivity contribution in [3.05, 3.63) is 469 Å². The van der Waals surface area contributed by atoms with E-state index in [1.807, 2.05) is 158 Å². The fraction of sp³-hybridized carbons (Fsp3) is 0.0654.